The predicted molar refractivity (Wildman–Crippen MR) is 83.8 cm³/mol. The van der Waals surface area contributed by atoms with Crippen LogP contribution < -0.4 is 0 Å². The first-order valence-corrected chi connectivity index (χ1v) is 7.99. The molecule has 0 aromatic heterocycles. The van der Waals surface area contributed by atoms with E-state index in [1.807, 2.05) is 28.0 Å². The fraction of sp³-hybridized carbons (Fsp3) is 0.588. The van der Waals surface area contributed by atoms with Crippen molar-refractivity contribution in [3.63, 3.8) is 0 Å². The van der Waals surface area contributed by atoms with Crippen molar-refractivity contribution in [1.29, 1.82) is 0 Å². The number of ether oxygens (including phenoxy) is 2. The number of urea groups is 1. The van der Waals surface area contributed by atoms with Gasteiger partial charge in [-0.1, -0.05) is 30.3 Å². The molecule has 5 heteroatoms. The van der Waals surface area contributed by atoms with Gasteiger partial charge in [-0.25, -0.2) is 4.79 Å². The average Bonchev–Trinajstić information content (AvgIpc) is 2.98. The molecular weight excluding hydrogens is 280 g/mol. The highest BCUT2D eigenvalue weighted by Gasteiger charge is 2.39. The monoisotopic (exact) mass is 304 g/mol. The van der Waals surface area contributed by atoms with E-state index in [-0.39, 0.29) is 18.2 Å². The van der Waals surface area contributed by atoms with Crippen LogP contribution in [0.5, 0.6) is 0 Å². The third-order valence-corrected chi connectivity index (χ3v) is 4.60. The number of carbonyl (C=O) groups excluding carboxylic acids is 1. The highest BCUT2D eigenvalue weighted by Crippen LogP contribution is 2.25. The fourth-order valence-electron chi connectivity index (χ4n) is 3.37. The molecule has 1 aromatic carbocycles. The zero-order valence-electron chi connectivity index (χ0n) is 13.1. The molecule has 0 N–H and O–H groups in total. The molecule has 2 fully saturated rings. The molecule has 22 heavy (non-hydrogen) atoms. The van der Waals surface area contributed by atoms with Crippen molar-refractivity contribution >= 4 is 6.03 Å². The van der Waals surface area contributed by atoms with Gasteiger partial charge in [0.05, 0.1) is 25.4 Å². The average molecular weight is 304 g/mol. The van der Waals surface area contributed by atoms with Gasteiger partial charge in [-0.2, -0.15) is 0 Å². The molecule has 0 aliphatic carbocycles. The normalized spacial score (nSPS) is 25.5. The van der Waals surface area contributed by atoms with Crippen LogP contribution in [-0.4, -0.2) is 67.9 Å². The summed E-state index contributed by atoms with van der Waals surface area (Å²) in [7, 11) is 1.74. The lowest BCUT2D eigenvalue weighted by Gasteiger charge is -2.35. The number of benzene rings is 1. The topological polar surface area (TPSA) is 42.0 Å². The van der Waals surface area contributed by atoms with E-state index < -0.39 is 0 Å². The molecule has 0 bridgehead atoms. The third kappa shape index (κ3) is 3.25. The first-order valence-electron chi connectivity index (χ1n) is 7.99. The molecule has 0 unspecified atom stereocenters. The minimum Gasteiger partial charge on any atom is -0.379 e. The molecule has 2 aliphatic heterocycles. The van der Waals surface area contributed by atoms with Crippen molar-refractivity contribution in [2.24, 2.45) is 0 Å². The second kappa shape index (κ2) is 7.11. The van der Waals surface area contributed by atoms with E-state index in [1.54, 1.807) is 7.11 Å². The van der Waals surface area contributed by atoms with Crippen LogP contribution in [0.2, 0.25) is 0 Å². The van der Waals surface area contributed by atoms with Gasteiger partial charge in [0.25, 0.3) is 0 Å². The van der Waals surface area contributed by atoms with Crippen LogP contribution in [0.1, 0.15) is 12.0 Å². The maximum absolute atomic E-state index is 12.8. The van der Waals surface area contributed by atoms with Crippen LogP contribution in [0, 0.1) is 0 Å². The lowest BCUT2D eigenvalue weighted by molar-refractivity contribution is 0.0335. The lowest BCUT2D eigenvalue weighted by atomic mass is 10.0. The van der Waals surface area contributed by atoms with Gasteiger partial charge in [0, 0.05) is 26.7 Å². The van der Waals surface area contributed by atoms with Crippen molar-refractivity contribution in [2.75, 3.05) is 40.0 Å². The Bertz CT molecular complexity index is 488. The SMILES string of the molecule is CO[C@@H]1CCN(C(=O)N2CCOCC2)[C@H]1Cc1ccccc1. The summed E-state index contributed by atoms with van der Waals surface area (Å²) in [5.41, 5.74) is 1.25. The molecule has 2 amide bonds. The van der Waals surface area contributed by atoms with Crippen molar-refractivity contribution in [3.05, 3.63) is 35.9 Å². The van der Waals surface area contributed by atoms with Gasteiger partial charge in [-0.3, -0.25) is 0 Å². The van der Waals surface area contributed by atoms with Crippen LogP contribution >= 0.6 is 0 Å². The van der Waals surface area contributed by atoms with Gasteiger partial charge < -0.3 is 19.3 Å². The van der Waals surface area contributed by atoms with Gasteiger partial charge in [-0.15, -0.1) is 0 Å². The Morgan fingerprint density at radius 1 is 1.23 bits per heavy atom. The summed E-state index contributed by atoms with van der Waals surface area (Å²) in [6.45, 7) is 3.41. The summed E-state index contributed by atoms with van der Waals surface area (Å²) in [4.78, 5) is 16.7. The van der Waals surface area contributed by atoms with Gasteiger partial charge in [-0.05, 0) is 18.4 Å². The number of methoxy groups -OCH3 is 1. The largest absolute Gasteiger partial charge is 0.379 e. The molecule has 0 spiro atoms. The van der Waals surface area contributed by atoms with Crippen LogP contribution in [0.15, 0.2) is 30.3 Å². The number of hydrogen-bond acceptors (Lipinski definition) is 3. The predicted octanol–water partition coefficient (Wildman–Crippen LogP) is 1.77. The van der Waals surface area contributed by atoms with E-state index >= 15 is 0 Å². The van der Waals surface area contributed by atoms with Crippen LogP contribution in [-0.2, 0) is 15.9 Å². The molecular formula is C17H24N2O3. The van der Waals surface area contributed by atoms with Crippen LogP contribution in [0.3, 0.4) is 0 Å². The Balaban J connectivity index is 1.72. The van der Waals surface area contributed by atoms with Crippen LogP contribution in [0.25, 0.3) is 0 Å². The van der Waals surface area contributed by atoms with E-state index in [2.05, 4.69) is 12.1 Å². The van der Waals surface area contributed by atoms with Gasteiger partial charge in [0.15, 0.2) is 0 Å². The molecule has 3 rings (SSSR count). The molecule has 0 radical (unpaired) electrons. The van der Waals surface area contributed by atoms with Crippen molar-refractivity contribution in [3.8, 4) is 0 Å². The number of nitrogens with zero attached hydrogens (tertiary/aromatic N) is 2. The van der Waals surface area contributed by atoms with Crippen molar-refractivity contribution < 1.29 is 14.3 Å². The molecule has 5 nitrogen and oxygen atoms in total. The molecule has 0 saturated carbocycles. The second-order valence-electron chi connectivity index (χ2n) is 5.90. The minimum atomic E-state index is 0.114. The fourth-order valence-corrected chi connectivity index (χ4v) is 3.37. The highest BCUT2D eigenvalue weighted by molar-refractivity contribution is 5.75. The summed E-state index contributed by atoms with van der Waals surface area (Å²) in [5, 5.41) is 0. The number of amides is 2. The number of carbonyl (C=O) groups is 1. The molecule has 2 heterocycles. The Morgan fingerprint density at radius 2 is 1.95 bits per heavy atom. The Kier molecular flexibility index (Phi) is 4.95. The summed E-state index contributed by atoms with van der Waals surface area (Å²) in [5.74, 6) is 0. The highest BCUT2D eigenvalue weighted by atomic mass is 16.5. The number of morpholine rings is 1. The van der Waals surface area contributed by atoms with Gasteiger partial charge in [0.2, 0.25) is 0 Å². The zero-order valence-corrected chi connectivity index (χ0v) is 13.1. The molecule has 2 aliphatic rings. The van der Waals surface area contributed by atoms with Crippen molar-refractivity contribution in [2.45, 2.75) is 25.0 Å². The first-order chi connectivity index (χ1) is 10.8. The zero-order chi connectivity index (χ0) is 15.4. The van der Waals surface area contributed by atoms with E-state index in [9.17, 15) is 4.79 Å². The molecule has 2 saturated heterocycles. The van der Waals surface area contributed by atoms with Gasteiger partial charge in [0.1, 0.15) is 0 Å². The van der Waals surface area contributed by atoms with E-state index in [0.29, 0.717) is 26.3 Å². The maximum Gasteiger partial charge on any atom is 0.320 e. The summed E-state index contributed by atoms with van der Waals surface area (Å²) in [6.07, 6.45) is 1.87. The summed E-state index contributed by atoms with van der Waals surface area (Å²) >= 11 is 0. The van der Waals surface area contributed by atoms with E-state index in [0.717, 1.165) is 19.4 Å². The lowest BCUT2D eigenvalue weighted by Crippen LogP contribution is -2.51. The third-order valence-electron chi connectivity index (χ3n) is 4.60. The molecule has 120 valence electrons. The quantitative estimate of drug-likeness (QED) is 0.855. The first kappa shape index (κ1) is 15.3. The van der Waals surface area contributed by atoms with Gasteiger partial charge >= 0.3 is 6.03 Å². The standard InChI is InChI=1S/C17H24N2O3/c1-21-16-7-8-19(17(20)18-9-11-22-12-10-18)15(16)13-14-5-3-2-4-6-14/h2-6,15-16H,7-13H2,1H3/t15-,16+/m0/s1. The summed E-state index contributed by atoms with van der Waals surface area (Å²) in [6, 6.07) is 10.6. The van der Waals surface area contributed by atoms with E-state index in [4.69, 9.17) is 9.47 Å². The second-order valence-corrected chi connectivity index (χ2v) is 5.90. The maximum atomic E-state index is 12.8. The number of hydrogen-bond donors (Lipinski definition) is 0. The summed E-state index contributed by atoms with van der Waals surface area (Å²) < 4.78 is 11.0. The number of rotatable bonds is 3. The van der Waals surface area contributed by atoms with Crippen LogP contribution in [0.4, 0.5) is 4.79 Å². The molecule has 1 aromatic rings. The Hall–Kier alpha value is -1.59. The van der Waals surface area contributed by atoms with Crippen molar-refractivity contribution in [1.82, 2.24) is 9.80 Å². The van der Waals surface area contributed by atoms with E-state index in [1.165, 1.54) is 5.56 Å². The number of likely N-dealkylation sites (tertiary alicyclic amines) is 1. The smallest absolute Gasteiger partial charge is 0.320 e. The molecule has 2 atom stereocenters. The minimum absolute atomic E-state index is 0.114. The Morgan fingerprint density at radius 3 is 2.64 bits per heavy atom. The Labute approximate surface area is 131 Å².